The van der Waals surface area contributed by atoms with E-state index >= 15 is 0 Å². The maximum atomic E-state index is 9.14. The predicted molar refractivity (Wildman–Crippen MR) is 71.4 cm³/mol. The van der Waals surface area contributed by atoms with Gasteiger partial charge in [0.2, 0.25) is 0 Å². The average molecular weight is 250 g/mol. The monoisotopic (exact) mass is 250 g/mol. The van der Waals surface area contributed by atoms with Crippen molar-refractivity contribution in [2.24, 2.45) is 5.92 Å². The van der Waals surface area contributed by atoms with E-state index in [9.17, 15) is 0 Å². The van der Waals surface area contributed by atoms with Gasteiger partial charge in [-0.05, 0) is 32.7 Å². The van der Waals surface area contributed by atoms with Crippen LogP contribution < -0.4 is 5.32 Å². The summed E-state index contributed by atoms with van der Waals surface area (Å²) in [4.78, 5) is 11.3. The summed E-state index contributed by atoms with van der Waals surface area (Å²) >= 11 is 0. The lowest BCUT2D eigenvalue weighted by Crippen LogP contribution is -2.22. The zero-order valence-electron chi connectivity index (χ0n) is 11.2. The number of aliphatic hydroxyl groups is 1. The molecule has 1 aliphatic rings. The highest BCUT2D eigenvalue weighted by atomic mass is 16.3. The van der Waals surface area contributed by atoms with E-state index in [1.807, 2.05) is 13.0 Å². The second-order valence-corrected chi connectivity index (χ2v) is 4.91. The summed E-state index contributed by atoms with van der Waals surface area (Å²) < 4.78 is 0. The van der Waals surface area contributed by atoms with Gasteiger partial charge in [0.1, 0.15) is 11.6 Å². The van der Waals surface area contributed by atoms with Crippen LogP contribution in [0, 0.1) is 12.8 Å². The molecule has 0 bridgehead atoms. The molecule has 1 aromatic rings. The minimum Gasteiger partial charge on any atom is -0.396 e. The van der Waals surface area contributed by atoms with E-state index in [0.717, 1.165) is 49.9 Å². The summed E-state index contributed by atoms with van der Waals surface area (Å²) in [5.41, 5.74) is 0.994. The fourth-order valence-electron chi connectivity index (χ4n) is 2.38. The van der Waals surface area contributed by atoms with Crippen LogP contribution in [-0.4, -0.2) is 46.2 Å². The minimum atomic E-state index is 0.286. The topological polar surface area (TPSA) is 61.3 Å². The third kappa shape index (κ3) is 3.40. The number of hydrogen-bond donors (Lipinski definition) is 2. The minimum absolute atomic E-state index is 0.286. The molecule has 0 saturated carbocycles. The zero-order chi connectivity index (χ0) is 13.0. The first-order valence-corrected chi connectivity index (χ1v) is 6.63. The highest BCUT2D eigenvalue weighted by Gasteiger charge is 2.22. The molecule has 1 saturated heterocycles. The lowest BCUT2D eigenvalue weighted by atomic mass is 10.1. The van der Waals surface area contributed by atoms with Gasteiger partial charge in [-0.1, -0.05) is 0 Å². The lowest BCUT2D eigenvalue weighted by Gasteiger charge is -2.15. The Hall–Kier alpha value is -1.20. The van der Waals surface area contributed by atoms with Gasteiger partial charge in [0.15, 0.2) is 0 Å². The number of hydrogen-bond acceptors (Lipinski definition) is 5. The molecule has 0 spiro atoms. The standard InChI is InChI=1S/C13H22N4O/c1-3-14-12-6-10(2)15-13(16-12)8-17-5-4-11(7-17)9-18/h6,11,18H,3-5,7-9H2,1-2H3,(H,14,15,16). The quantitative estimate of drug-likeness (QED) is 0.817. The molecule has 2 heterocycles. The molecule has 0 radical (unpaired) electrons. The van der Waals surface area contributed by atoms with Crippen molar-refractivity contribution in [3.05, 3.63) is 17.6 Å². The Morgan fingerprint density at radius 1 is 1.50 bits per heavy atom. The molecule has 1 aromatic heterocycles. The van der Waals surface area contributed by atoms with Gasteiger partial charge in [-0.25, -0.2) is 9.97 Å². The van der Waals surface area contributed by atoms with Gasteiger partial charge >= 0.3 is 0 Å². The maximum Gasteiger partial charge on any atom is 0.144 e. The normalized spacial score (nSPS) is 20.3. The van der Waals surface area contributed by atoms with Crippen LogP contribution in [0.1, 0.15) is 24.9 Å². The van der Waals surface area contributed by atoms with Crippen LogP contribution >= 0.6 is 0 Å². The average Bonchev–Trinajstić information content (AvgIpc) is 2.76. The molecule has 1 aliphatic heterocycles. The maximum absolute atomic E-state index is 9.14. The molecule has 100 valence electrons. The summed E-state index contributed by atoms with van der Waals surface area (Å²) in [6.07, 6.45) is 1.07. The van der Waals surface area contributed by atoms with Gasteiger partial charge in [-0.3, -0.25) is 4.90 Å². The van der Waals surface area contributed by atoms with Crippen molar-refractivity contribution in [1.29, 1.82) is 0 Å². The van der Waals surface area contributed by atoms with Gasteiger partial charge in [0, 0.05) is 31.5 Å². The molecule has 1 atom stereocenters. The number of likely N-dealkylation sites (tertiary alicyclic amines) is 1. The Morgan fingerprint density at radius 2 is 2.33 bits per heavy atom. The first kappa shape index (κ1) is 13.2. The van der Waals surface area contributed by atoms with Crippen LogP contribution in [0.25, 0.3) is 0 Å². The van der Waals surface area contributed by atoms with Crippen molar-refractivity contribution < 1.29 is 5.11 Å². The molecule has 2 N–H and O–H groups in total. The van der Waals surface area contributed by atoms with Crippen molar-refractivity contribution in [2.75, 3.05) is 31.6 Å². The number of nitrogens with one attached hydrogen (secondary N) is 1. The summed E-state index contributed by atoms with van der Waals surface area (Å²) in [7, 11) is 0. The smallest absolute Gasteiger partial charge is 0.144 e. The van der Waals surface area contributed by atoms with E-state index in [1.165, 1.54) is 0 Å². The van der Waals surface area contributed by atoms with Gasteiger partial charge in [-0.15, -0.1) is 0 Å². The molecule has 5 nitrogen and oxygen atoms in total. The highest BCUT2D eigenvalue weighted by Crippen LogP contribution is 2.17. The first-order valence-electron chi connectivity index (χ1n) is 6.63. The van der Waals surface area contributed by atoms with Crippen LogP contribution in [0.4, 0.5) is 5.82 Å². The first-order chi connectivity index (χ1) is 8.71. The summed E-state index contributed by atoms with van der Waals surface area (Å²) in [6, 6.07) is 1.97. The molecular weight excluding hydrogens is 228 g/mol. The Morgan fingerprint density at radius 3 is 3.00 bits per heavy atom. The Kier molecular flexibility index (Phi) is 4.49. The van der Waals surface area contributed by atoms with Gasteiger partial charge in [0.25, 0.3) is 0 Å². The van der Waals surface area contributed by atoms with Gasteiger partial charge in [-0.2, -0.15) is 0 Å². The molecule has 1 unspecified atom stereocenters. The van der Waals surface area contributed by atoms with Crippen molar-refractivity contribution >= 4 is 5.82 Å². The van der Waals surface area contributed by atoms with Crippen LogP contribution in [0.2, 0.25) is 0 Å². The van der Waals surface area contributed by atoms with Crippen molar-refractivity contribution in [3.8, 4) is 0 Å². The number of aryl methyl sites for hydroxylation is 1. The molecule has 0 aromatic carbocycles. The molecular formula is C13H22N4O. The second-order valence-electron chi connectivity index (χ2n) is 4.91. The van der Waals surface area contributed by atoms with E-state index < -0.39 is 0 Å². The Balaban J connectivity index is 2.00. The summed E-state index contributed by atoms with van der Waals surface area (Å²) in [6.45, 7) is 7.95. The fourth-order valence-corrected chi connectivity index (χ4v) is 2.38. The molecule has 18 heavy (non-hydrogen) atoms. The molecule has 2 rings (SSSR count). The predicted octanol–water partition coefficient (Wildman–Crippen LogP) is 1.03. The summed E-state index contributed by atoms with van der Waals surface area (Å²) in [5, 5.41) is 12.4. The number of aliphatic hydroxyl groups excluding tert-OH is 1. The third-order valence-corrected chi connectivity index (χ3v) is 3.25. The van der Waals surface area contributed by atoms with Gasteiger partial charge in [0.05, 0.1) is 6.54 Å². The SMILES string of the molecule is CCNc1cc(C)nc(CN2CCC(CO)C2)n1. The van der Waals surface area contributed by atoms with E-state index in [2.05, 4.69) is 27.1 Å². The van der Waals surface area contributed by atoms with Gasteiger partial charge < -0.3 is 10.4 Å². The molecule has 0 aliphatic carbocycles. The zero-order valence-corrected chi connectivity index (χ0v) is 11.2. The Labute approximate surface area is 108 Å². The molecule has 1 fully saturated rings. The number of nitrogens with zero attached hydrogens (tertiary/aromatic N) is 3. The third-order valence-electron chi connectivity index (χ3n) is 3.25. The highest BCUT2D eigenvalue weighted by molar-refractivity contribution is 5.35. The van der Waals surface area contributed by atoms with E-state index in [0.29, 0.717) is 5.92 Å². The van der Waals surface area contributed by atoms with Crippen LogP contribution in [0.15, 0.2) is 6.07 Å². The lowest BCUT2D eigenvalue weighted by molar-refractivity contribution is 0.219. The van der Waals surface area contributed by atoms with E-state index in [4.69, 9.17) is 5.11 Å². The van der Waals surface area contributed by atoms with E-state index in [1.54, 1.807) is 0 Å². The van der Waals surface area contributed by atoms with Crippen LogP contribution in [0.5, 0.6) is 0 Å². The molecule has 0 amide bonds. The van der Waals surface area contributed by atoms with Crippen molar-refractivity contribution in [2.45, 2.75) is 26.8 Å². The number of rotatable bonds is 5. The Bertz CT molecular complexity index is 397. The van der Waals surface area contributed by atoms with Crippen LogP contribution in [0.3, 0.4) is 0 Å². The van der Waals surface area contributed by atoms with Crippen molar-refractivity contribution in [3.63, 3.8) is 0 Å². The number of aromatic nitrogens is 2. The second kappa shape index (κ2) is 6.11. The van der Waals surface area contributed by atoms with E-state index in [-0.39, 0.29) is 6.61 Å². The fraction of sp³-hybridized carbons (Fsp3) is 0.692. The number of anilines is 1. The molecule has 5 heteroatoms. The summed E-state index contributed by atoms with van der Waals surface area (Å²) in [5.74, 6) is 2.19. The van der Waals surface area contributed by atoms with Crippen LogP contribution in [-0.2, 0) is 6.54 Å². The van der Waals surface area contributed by atoms with Crippen molar-refractivity contribution in [1.82, 2.24) is 14.9 Å². The largest absolute Gasteiger partial charge is 0.396 e.